The standard InChI is InChI=1S/C13H17Cl2NO4S/c14-10-1-2-12(11(15)7-10)20-8-13(9-21(16,17)18)3-5-19-6-4-13/h1-2,7H,3-6,8-9H2,(H2,16,17,18). The molecule has 2 N–H and O–H groups in total. The lowest BCUT2D eigenvalue weighted by Gasteiger charge is -2.36. The highest BCUT2D eigenvalue weighted by Gasteiger charge is 2.37. The Morgan fingerprint density at radius 3 is 2.52 bits per heavy atom. The molecule has 0 radical (unpaired) electrons. The Morgan fingerprint density at radius 2 is 1.95 bits per heavy atom. The van der Waals surface area contributed by atoms with Crippen molar-refractivity contribution in [2.75, 3.05) is 25.6 Å². The van der Waals surface area contributed by atoms with Crippen LogP contribution in [0, 0.1) is 5.41 Å². The maximum atomic E-state index is 11.5. The molecule has 0 unspecified atom stereocenters. The van der Waals surface area contributed by atoms with Crippen LogP contribution in [0.2, 0.25) is 10.0 Å². The third-order valence-electron chi connectivity index (χ3n) is 3.49. The number of halogens is 2. The second kappa shape index (κ2) is 6.71. The third kappa shape index (κ3) is 5.00. The maximum absolute atomic E-state index is 11.5. The molecule has 1 aliphatic heterocycles. The molecular weight excluding hydrogens is 337 g/mol. The molecule has 0 spiro atoms. The molecular formula is C13H17Cl2NO4S. The van der Waals surface area contributed by atoms with Crippen LogP contribution < -0.4 is 9.88 Å². The normalized spacial score (nSPS) is 18.4. The first-order valence-electron chi connectivity index (χ1n) is 6.46. The fourth-order valence-electron chi connectivity index (χ4n) is 2.38. The number of hydrogen-bond donors (Lipinski definition) is 1. The lowest BCUT2D eigenvalue weighted by molar-refractivity contribution is 0.00212. The fourth-order valence-corrected chi connectivity index (χ4v) is 4.07. The van der Waals surface area contributed by atoms with Gasteiger partial charge in [-0.2, -0.15) is 0 Å². The number of hydrogen-bond acceptors (Lipinski definition) is 4. The molecule has 8 heteroatoms. The molecule has 1 fully saturated rings. The second-order valence-electron chi connectivity index (χ2n) is 5.28. The van der Waals surface area contributed by atoms with Gasteiger partial charge in [-0.15, -0.1) is 0 Å². The lowest BCUT2D eigenvalue weighted by atomic mass is 9.83. The van der Waals surface area contributed by atoms with E-state index in [1.807, 2.05) is 0 Å². The summed E-state index contributed by atoms with van der Waals surface area (Å²) in [6.45, 7) is 1.20. The predicted molar refractivity (Wildman–Crippen MR) is 82.4 cm³/mol. The Balaban J connectivity index is 2.12. The van der Waals surface area contributed by atoms with Gasteiger partial charge < -0.3 is 9.47 Å². The van der Waals surface area contributed by atoms with E-state index in [2.05, 4.69) is 0 Å². The van der Waals surface area contributed by atoms with Gasteiger partial charge in [0.05, 0.1) is 17.4 Å². The number of benzene rings is 1. The van der Waals surface area contributed by atoms with E-state index in [9.17, 15) is 8.42 Å². The zero-order valence-corrected chi connectivity index (χ0v) is 13.7. The van der Waals surface area contributed by atoms with Crippen LogP contribution >= 0.6 is 23.2 Å². The predicted octanol–water partition coefficient (Wildman–Crippen LogP) is 2.46. The van der Waals surface area contributed by atoms with Gasteiger partial charge in [0.1, 0.15) is 5.75 Å². The van der Waals surface area contributed by atoms with Crippen molar-refractivity contribution >= 4 is 33.2 Å². The number of primary sulfonamides is 1. The molecule has 0 bridgehead atoms. The average Bonchev–Trinajstić information content (AvgIpc) is 2.37. The highest BCUT2D eigenvalue weighted by atomic mass is 35.5. The summed E-state index contributed by atoms with van der Waals surface area (Å²) in [7, 11) is -3.59. The second-order valence-corrected chi connectivity index (χ2v) is 7.74. The summed E-state index contributed by atoms with van der Waals surface area (Å²) in [6, 6.07) is 4.91. The molecule has 0 saturated carbocycles. The van der Waals surface area contributed by atoms with Crippen LogP contribution in [0.15, 0.2) is 18.2 Å². The number of sulfonamides is 1. The summed E-state index contributed by atoms with van der Waals surface area (Å²) in [6.07, 6.45) is 1.16. The monoisotopic (exact) mass is 353 g/mol. The van der Waals surface area contributed by atoms with E-state index in [-0.39, 0.29) is 12.4 Å². The topological polar surface area (TPSA) is 78.6 Å². The minimum Gasteiger partial charge on any atom is -0.491 e. The van der Waals surface area contributed by atoms with Crippen molar-refractivity contribution < 1.29 is 17.9 Å². The molecule has 5 nitrogen and oxygen atoms in total. The molecule has 1 heterocycles. The summed E-state index contributed by atoms with van der Waals surface area (Å²) in [4.78, 5) is 0. The van der Waals surface area contributed by atoms with Gasteiger partial charge in [-0.05, 0) is 31.0 Å². The molecule has 118 valence electrons. The van der Waals surface area contributed by atoms with Crippen molar-refractivity contribution in [2.24, 2.45) is 10.6 Å². The first-order valence-corrected chi connectivity index (χ1v) is 8.93. The van der Waals surface area contributed by atoms with Crippen LogP contribution in [-0.2, 0) is 14.8 Å². The molecule has 0 atom stereocenters. The molecule has 2 rings (SSSR count). The molecule has 0 aliphatic carbocycles. The number of rotatable bonds is 5. The zero-order valence-electron chi connectivity index (χ0n) is 11.3. The van der Waals surface area contributed by atoms with Gasteiger partial charge in [0, 0.05) is 23.7 Å². The first kappa shape index (κ1) is 16.8. The van der Waals surface area contributed by atoms with Crippen LogP contribution in [0.3, 0.4) is 0 Å². The van der Waals surface area contributed by atoms with Crippen LogP contribution in [0.25, 0.3) is 0 Å². The Morgan fingerprint density at radius 1 is 1.29 bits per heavy atom. The molecule has 21 heavy (non-hydrogen) atoms. The summed E-state index contributed by atoms with van der Waals surface area (Å²) >= 11 is 11.9. The van der Waals surface area contributed by atoms with Crippen LogP contribution in [-0.4, -0.2) is 34.0 Å². The summed E-state index contributed by atoms with van der Waals surface area (Å²) in [5.74, 6) is 0.343. The van der Waals surface area contributed by atoms with Gasteiger partial charge in [-0.3, -0.25) is 0 Å². The fraction of sp³-hybridized carbons (Fsp3) is 0.538. The van der Waals surface area contributed by atoms with E-state index >= 15 is 0 Å². The van der Waals surface area contributed by atoms with Crippen molar-refractivity contribution in [3.8, 4) is 5.75 Å². The lowest BCUT2D eigenvalue weighted by Crippen LogP contribution is -2.42. The number of ether oxygens (including phenoxy) is 2. The van der Waals surface area contributed by atoms with Gasteiger partial charge in [0.2, 0.25) is 10.0 Å². The third-order valence-corrected chi connectivity index (χ3v) is 5.03. The van der Waals surface area contributed by atoms with E-state index in [0.717, 1.165) is 0 Å². The van der Waals surface area contributed by atoms with E-state index < -0.39 is 15.4 Å². The van der Waals surface area contributed by atoms with Crippen molar-refractivity contribution in [2.45, 2.75) is 12.8 Å². The highest BCUT2D eigenvalue weighted by molar-refractivity contribution is 7.89. The van der Waals surface area contributed by atoms with Crippen LogP contribution in [0.1, 0.15) is 12.8 Å². The Labute approximate surface area is 134 Å². The van der Waals surface area contributed by atoms with E-state index in [0.29, 0.717) is 41.9 Å². The molecule has 0 aromatic heterocycles. The minimum atomic E-state index is -3.59. The van der Waals surface area contributed by atoms with Crippen molar-refractivity contribution in [1.29, 1.82) is 0 Å². The molecule has 1 saturated heterocycles. The van der Waals surface area contributed by atoms with E-state index in [1.54, 1.807) is 18.2 Å². The van der Waals surface area contributed by atoms with Crippen LogP contribution in [0.5, 0.6) is 5.75 Å². The molecule has 1 aliphatic rings. The highest BCUT2D eigenvalue weighted by Crippen LogP contribution is 2.34. The Hall–Kier alpha value is -0.530. The van der Waals surface area contributed by atoms with Gasteiger partial charge in [-0.1, -0.05) is 23.2 Å². The zero-order chi connectivity index (χ0) is 15.5. The average molecular weight is 354 g/mol. The van der Waals surface area contributed by atoms with Crippen molar-refractivity contribution in [1.82, 2.24) is 0 Å². The quantitative estimate of drug-likeness (QED) is 0.881. The van der Waals surface area contributed by atoms with Gasteiger partial charge in [0.15, 0.2) is 0 Å². The molecule has 1 aromatic carbocycles. The summed E-state index contributed by atoms with van der Waals surface area (Å²) in [5.41, 5.74) is -0.547. The maximum Gasteiger partial charge on any atom is 0.209 e. The molecule has 0 amide bonds. The van der Waals surface area contributed by atoms with Gasteiger partial charge in [0.25, 0.3) is 0 Å². The van der Waals surface area contributed by atoms with Gasteiger partial charge in [-0.25, -0.2) is 13.6 Å². The SMILES string of the molecule is NS(=O)(=O)CC1(COc2ccc(Cl)cc2Cl)CCOCC1. The largest absolute Gasteiger partial charge is 0.491 e. The smallest absolute Gasteiger partial charge is 0.209 e. The summed E-state index contributed by atoms with van der Waals surface area (Å²) in [5, 5.41) is 6.10. The first-order chi connectivity index (χ1) is 9.80. The minimum absolute atomic E-state index is 0.130. The van der Waals surface area contributed by atoms with Gasteiger partial charge >= 0.3 is 0 Å². The summed E-state index contributed by atoms with van der Waals surface area (Å²) < 4.78 is 33.9. The van der Waals surface area contributed by atoms with Crippen LogP contribution in [0.4, 0.5) is 0 Å². The Bertz CT molecular complexity index is 600. The Kier molecular flexibility index (Phi) is 5.38. The van der Waals surface area contributed by atoms with E-state index in [4.69, 9.17) is 37.8 Å². The number of nitrogens with two attached hydrogens (primary N) is 1. The van der Waals surface area contributed by atoms with Crippen molar-refractivity contribution in [3.63, 3.8) is 0 Å². The molecule has 1 aromatic rings. The van der Waals surface area contributed by atoms with Crippen molar-refractivity contribution in [3.05, 3.63) is 28.2 Å². The van der Waals surface area contributed by atoms with E-state index in [1.165, 1.54) is 0 Å².